The summed E-state index contributed by atoms with van der Waals surface area (Å²) in [5.41, 5.74) is 2.88. The van der Waals surface area contributed by atoms with E-state index in [-0.39, 0.29) is 6.03 Å². The van der Waals surface area contributed by atoms with Crippen LogP contribution in [-0.2, 0) is 6.42 Å². The van der Waals surface area contributed by atoms with Gasteiger partial charge in [0.05, 0.1) is 12.1 Å². The van der Waals surface area contributed by atoms with Gasteiger partial charge in [0.25, 0.3) is 0 Å². The van der Waals surface area contributed by atoms with Crippen molar-refractivity contribution in [3.8, 4) is 5.75 Å². The van der Waals surface area contributed by atoms with E-state index in [1.165, 1.54) is 0 Å². The van der Waals surface area contributed by atoms with E-state index >= 15 is 0 Å². The summed E-state index contributed by atoms with van der Waals surface area (Å²) in [5.74, 6) is 0.763. The highest BCUT2D eigenvalue weighted by atomic mass is 16.5. The van der Waals surface area contributed by atoms with Crippen molar-refractivity contribution in [1.82, 2.24) is 10.3 Å². The van der Waals surface area contributed by atoms with Crippen molar-refractivity contribution in [2.24, 2.45) is 0 Å². The molecule has 2 N–H and O–H groups in total. The van der Waals surface area contributed by atoms with Crippen molar-refractivity contribution >= 4 is 22.6 Å². The predicted molar refractivity (Wildman–Crippen MR) is 100 cm³/mol. The number of hydrogen-bond donors (Lipinski definition) is 2. The quantitative estimate of drug-likeness (QED) is 0.669. The molecule has 0 atom stereocenters. The number of nitrogens with one attached hydrogen (secondary N) is 2. The number of fused-ring (bicyclic) bond motifs is 1. The highest BCUT2D eigenvalue weighted by Gasteiger charge is 2.05. The molecule has 1 aromatic heterocycles. The number of urea groups is 1. The Morgan fingerprint density at radius 3 is 2.88 bits per heavy atom. The van der Waals surface area contributed by atoms with Crippen molar-refractivity contribution in [3.63, 3.8) is 0 Å². The van der Waals surface area contributed by atoms with Gasteiger partial charge in [0.1, 0.15) is 12.4 Å². The van der Waals surface area contributed by atoms with Gasteiger partial charge in [-0.05, 0) is 42.3 Å². The number of aryl methyl sites for hydroxylation is 1. The number of rotatable bonds is 6. The summed E-state index contributed by atoms with van der Waals surface area (Å²) in [5, 5.41) is 6.70. The highest BCUT2D eigenvalue weighted by Crippen LogP contribution is 2.18. The summed E-state index contributed by atoms with van der Waals surface area (Å²) >= 11 is 0. The molecule has 5 nitrogen and oxygen atoms in total. The van der Waals surface area contributed by atoms with Crippen molar-refractivity contribution < 1.29 is 9.53 Å². The van der Waals surface area contributed by atoms with Gasteiger partial charge >= 0.3 is 6.03 Å². The predicted octanol–water partition coefficient (Wildman–Crippen LogP) is 4.00. The number of carbonyl (C=O) groups excluding carboxylic acids is 1. The van der Waals surface area contributed by atoms with Crippen molar-refractivity contribution in [2.75, 3.05) is 18.5 Å². The number of hydrogen-bond acceptors (Lipinski definition) is 3. The fourth-order valence-corrected chi connectivity index (χ4v) is 2.59. The van der Waals surface area contributed by atoms with Crippen LogP contribution in [0.4, 0.5) is 10.5 Å². The zero-order valence-electron chi connectivity index (χ0n) is 14.2. The minimum atomic E-state index is -0.229. The maximum atomic E-state index is 12.0. The molecule has 5 heteroatoms. The Kier molecular flexibility index (Phi) is 5.46. The Morgan fingerprint density at radius 1 is 1.12 bits per heavy atom. The minimum Gasteiger partial charge on any atom is -0.492 e. The lowest BCUT2D eigenvalue weighted by atomic mass is 10.1. The second-order valence-electron chi connectivity index (χ2n) is 5.60. The average Bonchev–Trinajstić information content (AvgIpc) is 2.65. The van der Waals surface area contributed by atoms with E-state index in [1.54, 1.807) is 6.20 Å². The largest absolute Gasteiger partial charge is 0.492 e. The van der Waals surface area contributed by atoms with Crippen LogP contribution in [0.25, 0.3) is 10.9 Å². The third-order valence-corrected chi connectivity index (χ3v) is 3.88. The lowest BCUT2D eigenvalue weighted by Crippen LogP contribution is -2.32. The topological polar surface area (TPSA) is 63.2 Å². The molecule has 128 valence electrons. The van der Waals surface area contributed by atoms with E-state index in [4.69, 9.17) is 4.74 Å². The monoisotopic (exact) mass is 335 g/mol. The number of anilines is 1. The first-order valence-corrected chi connectivity index (χ1v) is 8.36. The molecule has 2 amide bonds. The first-order valence-electron chi connectivity index (χ1n) is 8.36. The highest BCUT2D eigenvalue weighted by molar-refractivity contribution is 5.90. The molecule has 0 aliphatic carbocycles. The lowest BCUT2D eigenvalue weighted by Gasteiger charge is -2.11. The van der Waals surface area contributed by atoms with Gasteiger partial charge in [-0.25, -0.2) is 4.79 Å². The van der Waals surface area contributed by atoms with E-state index in [0.29, 0.717) is 13.2 Å². The molecule has 3 aromatic rings. The molecular formula is C20H21N3O2. The van der Waals surface area contributed by atoms with Gasteiger partial charge in [-0.1, -0.05) is 31.2 Å². The number of pyridine rings is 1. The summed E-state index contributed by atoms with van der Waals surface area (Å²) in [6.45, 7) is 2.88. The smallest absolute Gasteiger partial charge is 0.319 e. The van der Waals surface area contributed by atoms with Gasteiger partial charge in [0.2, 0.25) is 0 Å². The fraction of sp³-hybridized carbons (Fsp3) is 0.200. The zero-order valence-corrected chi connectivity index (χ0v) is 14.2. The number of benzene rings is 2. The molecule has 0 spiro atoms. The Labute approximate surface area is 147 Å². The van der Waals surface area contributed by atoms with Crippen LogP contribution in [-0.4, -0.2) is 24.2 Å². The van der Waals surface area contributed by atoms with Crippen LogP contribution in [0.1, 0.15) is 12.5 Å². The maximum Gasteiger partial charge on any atom is 0.319 e. The first kappa shape index (κ1) is 16.8. The Morgan fingerprint density at radius 2 is 2.00 bits per heavy atom. The summed E-state index contributed by atoms with van der Waals surface area (Å²) in [6.07, 6.45) is 2.64. The fourth-order valence-electron chi connectivity index (χ4n) is 2.59. The molecule has 25 heavy (non-hydrogen) atoms. The molecule has 0 aliphatic heterocycles. The summed E-state index contributed by atoms with van der Waals surface area (Å²) in [7, 11) is 0. The number of aromatic nitrogens is 1. The molecule has 0 unspecified atom stereocenters. The van der Waals surface area contributed by atoms with Crippen LogP contribution in [0, 0.1) is 0 Å². The normalized spacial score (nSPS) is 10.4. The zero-order chi connectivity index (χ0) is 17.5. The minimum absolute atomic E-state index is 0.229. The van der Waals surface area contributed by atoms with Crippen LogP contribution in [0.3, 0.4) is 0 Å². The van der Waals surface area contributed by atoms with Crippen molar-refractivity contribution in [1.29, 1.82) is 0 Å². The first-order chi connectivity index (χ1) is 12.3. The second-order valence-corrected chi connectivity index (χ2v) is 5.60. The second kappa shape index (κ2) is 8.15. The molecule has 0 aliphatic rings. The number of amides is 2. The number of carbonyl (C=O) groups is 1. The van der Waals surface area contributed by atoms with E-state index in [2.05, 4.69) is 22.5 Å². The van der Waals surface area contributed by atoms with Gasteiger partial charge in [-0.3, -0.25) is 4.98 Å². The van der Waals surface area contributed by atoms with Gasteiger partial charge in [-0.2, -0.15) is 0 Å². The molecule has 2 aromatic carbocycles. The molecular weight excluding hydrogens is 314 g/mol. The molecule has 0 radical (unpaired) electrons. The summed E-state index contributed by atoms with van der Waals surface area (Å²) < 4.78 is 5.69. The third kappa shape index (κ3) is 4.47. The maximum absolute atomic E-state index is 12.0. The average molecular weight is 335 g/mol. The molecule has 0 fully saturated rings. The number of nitrogens with zero attached hydrogens (tertiary/aromatic N) is 1. The summed E-state index contributed by atoms with van der Waals surface area (Å²) in [4.78, 5) is 16.3. The van der Waals surface area contributed by atoms with Gasteiger partial charge in [0, 0.05) is 17.3 Å². The van der Waals surface area contributed by atoms with Gasteiger partial charge in [-0.15, -0.1) is 0 Å². The van der Waals surface area contributed by atoms with E-state index in [9.17, 15) is 4.79 Å². The van der Waals surface area contributed by atoms with Crippen LogP contribution >= 0.6 is 0 Å². The van der Waals surface area contributed by atoms with Crippen LogP contribution in [0.2, 0.25) is 0 Å². The Balaban J connectivity index is 1.46. The standard InChI is InChI=1S/C20H21N3O2/c1-2-15-6-3-4-8-19(15)23-20(24)22-12-13-25-17-9-10-18-16(14-17)7-5-11-21-18/h3-11,14H,2,12-13H2,1H3,(H2,22,23,24). The molecule has 0 saturated heterocycles. The van der Waals surface area contributed by atoms with Gasteiger partial charge in [0.15, 0.2) is 0 Å². The van der Waals surface area contributed by atoms with Crippen molar-refractivity contribution in [2.45, 2.75) is 13.3 Å². The van der Waals surface area contributed by atoms with Crippen molar-refractivity contribution in [3.05, 3.63) is 66.4 Å². The number of para-hydroxylation sites is 1. The van der Waals surface area contributed by atoms with Gasteiger partial charge < -0.3 is 15.4 Å². The molecule has 0 saturated carbocycles. The SMILES string of the molecule is CCc1ccccc1NC(=O)NCCOc1ccc2ncccc2c1. The summed E-state index contributed by atoms with van der Waals surface area (Å²) in [6, 6.07) is 17.2. The van der Waals surface area contributed by atoms with Crippen LogP contribution in [0.5, 0.6) is 5.75 Å². The van der Waals surface area contributed by atoms with Crippen LogP contribution < -0.4 is 15.4 Å². The van der Waals surface area contributed by atoms with E-state index < -0.39 is 0 Å². The Bertz CT molecular complexity index is 864. The molecule has 1 heterocycles. The third-order valence-electron chi connectivity index (χ3n) is 3.88. The number of ether oxygens (including phenoxy) is 1. The van der Waals surface area contributed by atoms with E-state index in [0.717, 1.165) is 34.3 Å². The lowest BCUT2D eigenvalue weighted by molar-refractivity contribution is 0.247. The van der Waals surface area contributed by atoms with Crippen LogP contribution in [0.15, 0.2) is 60.8 Å². The molecule has 3 rings (SSSR count). The Hall–Kier alpha value is -3.08. The molecule has 0 bridgehead atoms. The van der Waals surface area contributed by atoms with E-state index in [1.807, 2.05) is 54.6 Å².